The van der Waals surface area contributed by atoms with Gasteiger partial charge in [0.15, 0.2) is 0 Å². The first kappa shape index (κ1) is 22.9. The van der Waals surface area contributed by atoms with Crippen molar-refractivity contribution < 1.29 is 9.90 Å². The highest BCUT2D eigenvalue weighted by atomic mass is 32.2. The van der Waals surface area contributed by atoms with Gasteiger partial charge >= 0.3 is 5.97 Å². The Morgan fingerprint density at radius 3 is 1.94 bits per heavy atom. The number of aryl methyl sites for hydroxylation is 1. The summed E-state index contributed by atoms with van der Waals surface area (Å²) in [6, 6.07) is 31.4. The minimum Gasteiger partial charge on any atom is -0.481 e. The van der Waals surface area contributed by atoms with Crippen molar-refractivity contribution in [1.29, 1.82) is 0 Å². The van der Waals surface area contributed by atoms with Crippen molar-refractivity contribution in [1.82, 2.24) is 9.78 Å². The van der Waals surface area contributed by atoms with E-state index in [1.54, 1.807) is 0 Å². The molecule has 1 N–H and O–H groups in total. The zero-order valence-corrected chi connectivity index (χ0v) is 19.4. The topological polar surface area (TPSA) is 55.1 Å². The molecule has 4 nitrogen and oxygen atoms in total. The molecule has 0 amide bonds. The van der Waals surface area contributed by atoms with Crippen molar-refractivity contribution >= 4 is 17.7 Å². The number of benzene rings is 3. The first-order valence-corrected chi connectivity index (χ1v) is 12.5. The predicted octanol–water partition coefficient (Wildman–Crippen LogP) is 6.87. The third kappa shape index (κ3) is 5.93. The van der Waals surface area contributed by atoms with Crippen LogP contribution in [0, 0.1) is 0 Å². The molecule has 0 bridgehead atoms. The van der Waals surface area contributed by atoms with Crippen molar-refractivity contribution in [3.8, 4) is 33.6 Å². The van der Waals surface area contributed by atoms with Gasteiger partial charge in [-0.2, -0.15) is 16.9 Å². The van der Waals surface area contributed by atoms with Crippen molar-refractivity contribution in [2.24, 2.45) is 0 Å². The molecule has 0 spiro atoms. The van der Waals surface area contributed by atoms with Crippen LogP contribution in [0.3, 0.4) is 0 Å². The van der Waals surface area contributed by atoms with Crippen LogP contribution in [0.4, 0.5) is 0 Å². The van der Waals surface area contributed by atoms with Crippen LogP contribution in [-0.2, 0) is 11.3 Å². The predicted molar refractivity (Wildman–Crippen MR) is 137 cm³/mol. The molecule has 168 valence electrons. The van der Waals surface area contributed by atoms with E-state index in [0.717, 1.165) is 65.2 Å². The van der Waals surface area contributed by atoms with Crippen LogP contribution >= 0.6 is 11.8 Å². The molecule has 0 aliphatic heterocycles. The molecule has 4 rings (SSSR count). The Bertz CT molecular complexity index is 1160. The number of aliphatic carboxylic acids is 1. The van der Waals surface area contributed by atoms with Gasteiger partial charge in [0, 0.05) is 23.2 Å². The Labute approximate surface area is 199 Å². The molecule has 3 aromatic carbocycles. The van der Waals surface area contributed by atoms with Gasteiger partial charge < -0.3 is 5.11 Å². The highest BCUT2D eigenvalue weighted by molar-refractivity contribution is 7.99. The van der Waals surface area contributed by atoms with E-state index in [4.69, 9.17) is 10.2 Å². The van der Waals surface area contributed by atoms with Crippen LogP contribution in [0.2, 0.25) is 0 Å². The Hall–Kier alpha value is -3.31. The van der Waals surface area contributed by atoms with Gasteiger partial charge in [-0.05, 0) is 24.2 Å². The fourth-order valence-corrected chi connectivity index (χ4v) is 4.72. The second-order valence-electron chi connectivity index (χ2n) is 7.90. The summed E-state index contributed by atoms with van der Waals surface area (Å²) >= 11 is 1.49. The Morgan fingerprint density at radius 1 is 0.758 bits per heavy atom. The molecule has 0 saturated heterocycles. The highest BCUT2D eigenvalue weighted by Crippen LogP contribution is 2.40. The molecule has 0 aliphatic carbocycles. The molecule has 4 aromatic rings. The number of thioether (sulfide) groups is 1. The van der Waals surface area contributed by atoms with Crippen molar-refractivity contribution in [3.63, 3.8) is 0 Å². The van der Waals surface area contributed by atoms with E-state index in [1.165, 1.54) is 11.8 Å². The van der Waals surface area contributed by atoms with Gasteiger partial charge in [-0.25, -0.2) is 0 Å². The average Bonchev–Trinajstić information content (AvgIpc) is 3.24. The van der Waals surface area contributed by atoms with Gasteiger partial charge in [0.25, 0.3) is 0 Å². The summed E-state index contributed by atoms with van der Waals surface area (Å²) in [7, 11) is 0. The van der Waals surface area contributed by atoms with Gasteiger partial charge in [0.2, 0.25) is 0 Å². The van der Waals surface area contributed by atoms with Crippen molar-refractivity contribution in [2.75, 3.05) is 11.5 Å². The monoisotopic (exact) mass is 456 g/mol. The van der Waals surface area contributed by atoms with Crippen molar-refractivity contribution in [2.45, 2.75) is 25.8 Å². The number of carboxylic acids is 1. The zero-order chi connectivity index (χ0) is 22.9. The lowest BCUT2D eigenvalue weighted by atomic mass is 9.96. The van der Waals surface area contributed by atoms with Crippen LogP contribution in [0.5, 0.6) is 0 Å². The summed E-state index contributed by atoms with van der Waals surface area (Å²) in [5, 5.41) is 13.9. The summed E-state index contributed by atoms with van der Waals surface area (Å²) in [4.78, 5) is 10.7. The number of carbonyl (C=O) groups is 1. The first-order chi connectivity index (χ1) is 16.2. The second-order valence-corrected chi connectivity index (χ2v) is 9.01. The standard InChI is InChI=1S/C28H28N2O2S/c31-25(32)21-33-20-12-4-11-19-30-28(24-17-9-3-10-18-24)26(22-13-5-1-6-14-22)27(29-30)23-15-7-2-8-16-23/h1-3,5-10,13-18H,4,11-12,19-21H2,(H,31,32). The third-order valence-corrected chi connectivity index (χ3v) is 6.52. The Kier molecular flexibility index (Phi) is 7.99. The van der Waals surface area contributed by atoms with E-state index in [2.05, 4.69) is 77.5 Å². The molecule has 1 heterocycles. The molecule has 0 radical (unpaired) electrons. The second kappa shape index (κ2) is 11.5. The molecule has 0 unspecified atom stereocenters. The lowest BCUT2D eigenvalue weighted by Gasteiger charge is -2.11. The van der Waals surface area contributed by atoms with Gasteiger partial charge in [-0.15, -0.1) is 0 Å². The van der Waals surface area contributed by atoms with Crippen LogP contribution < -0.4 is 0 Å². The van der Waals surface area contributed by atoms with Gasteiger partial charge in [0.05, 0.1) is 11.4 Å². The van der Waals surface area contributed by atoms with Gasteiger partial charge in [-0.1, -0.05) is 97.4 Å². The molecule has 5 heteroatoms. The minimum atomic E-state index is -0.745. The summed E-state index contributed by atoms with van der Waals surface area (Å²) < 4.78 is 2.16. The summed E-state index contributed by atoms with van der Waals surface area (Å²) in [6.07, 6.45) is 3.05. The Balaban J connectivity index is 1.67. The molecule has 0 saturated carbocycles. The quantitative estimate of drug-likeness (QED) is 0.250. The summed E-state index contributed by atoms with van der Waals surface area (Å²) in [5.74, 6) is 0.311. The maximum Gasteiger partial charge on any atom is 0.313 e. The van der Waals surface area contributed by atoms with Crippen LogP contribution in [-0.4, -0.2) is 32.4 Å². The lowest BCUT2D eigenvalue weighted by molar-refractivity contribution is -0.133. The fourth-order valence-electron chi connectivity index (χ4n) is 3.99. The van der Waals surface area contributed by atoms with E-state index < -0.39 is 5.97 Å². The number of aromatic nitrogens is 2. The highest BCUT2D eigenvalue weighted by Gasteiger charge is 2.21. The third-order valence-electron chi connectivity index (χ3n) is 5.49. The first-order valence-electron chi connectivity index (χ1n) is 11.3. The molecular weight excluding hydrogens is 428 g/mol. The molecule has 0 fully saturated rings. The van der Waals surface area contributed by atoms with Crippen LogP contribution in [0.15, 0.2) is 91.0 Å². The average molecular weight is 457 g/mol. The van der Waals surface area contributed by atoms with Crippen molar-refractivity contribution in [3.05, 3.63) is 91.0 Å². The molecule has 0 atom stereocenters. The molecular formula is C28H28N2O2S. The number of nitrogens with zero attached hydrogens (tertiary/aromatic N) is 2. The molecule has 1 aromatic heterocycles. The largest absolute Gasteiger partial charge is 0.481 e. The summed E-state index contributed by atoms with van der Waals surface area (Å²) in [5.41, 5.74) is 6.72. The lowest BCUT2D eigenvalue weighted by Crippen LogP contribution is -2.03. The number of unbranched alkanes of at least 4 members (excludes halogenated alkanes) is 2. The SMILES string of the molecule is O=C(O)CSCCCCCn1nc(-c2ccccc2)c(-c2ccccc2)c1-c1ccccc1. The van der Waals surface area contributed by atoms with Gasteiger partial charge in [-0.3, -0.25) is 9.48 Å². The van der Waals surface area contributed by atoms with Crippen LogP contribution in [0.1, 0.15) is 19.3 Å². The van der Waals surface area contributed by atoms with E-state index in [-0.39, 0.29) is 5.75 Å². The van der Waals surface area contributed by atoms with E-state index >= 15 is 0 Å². The number of rotatable bonds is 11. The zero-order valence-electron chi connectivity index (χ0n) is 18.6. The fraction of sp³-hybridized carbons (Fsp3) is 0.214. The number of hydrogen-bond acceptors (Lipinski definition) is 3. The van der Waals surface area contributed by atoms with Gasteiger partial charge in [0.1, 0.15) is 5.69 Å². The number of hydrogen-bond donors (Lipinski definition) is 1. The molecule has 33 heavy (non-hydrogen) atoms. The van der Waals surface area contributed by atoms with Crippen LogP contribution in [0.25, 0.3) is 33.6 Å². The van der Waals surface area contributed by atoms with E-state index in [0.29, 0.717) is 0 Å². The maximum atomic E-state index is 10.7. The Morgan fingerprint density at radius 2 is 1.33 bits per heavy atom. The summed E-state index contributed by atoms with van der Waals surface area (Å²) in [6.45, 7) is 0.820. The minimum absolute atomic E-state index is 0.179. The normalized spacial score (nSPS) is 10.9. The maximum absolute atomic E-state index is 10.7. The molecule has 0 aliphatic rings. The van der Waals surface area contributed by atoms with E-state index in [1.807, 2.05) is 18.2 Å². The number of carboxylic acid groups (broad SMARTS) is 1. The smallest absolute Gasteiger partial charge is 0.313 e. The van der Waals surface area contributed by atoms with E-state index in [9.17, 15) is 4.79 Å².